The molecule has 0 bridgehead atoms. The summed E-state index contributed by atoms with van der Waals surface area (Å²) in [5.41, 5.74) is 10.1. The van der Waals surface area contributed by atoms with E-state index >= 15 is 0 Å². The van der Waals surface area contributed by atoms with Crippen LogP contribution >= 0.6 is 0 Å². The molecule has 5 N–H and O–H groups in total. The highest BCUT2D eigenvalue weighted by Gasteiger charge is 2.49. The SMILES string of the molecule is O=C1C(c2ccc3cccc4c3c2NC2(N4)c3ccccc3-c3ccccc32)=C(O)/C1=c1/ccc2cccc3c2c1=NC1(N3)c2ccccc2-c2ccc(O)cc21. The minimum absolute atomic E-state index is 0.0598. The zero-order valence-electron chi connectivity index (χ0n) is 30.2. The van der Waals surface area contributed by atoms with Crippen LogP contribution in [0.3, 0.4) is 0 Å². The number of phenols is 1. The Morgan fingerprint density at radius 1 is 0.491 bits per heavy atom. The molecule has 0 amide bonds. The minimum Gasteiger partial charge on any atom is -0.508 e. The maximum absolute atomic E-state index is 14.9. The number of benzene rings is 8. The summed E-state index contributed by atoms with van der Waals surface area (Å²) < 4.78 is 0. The number of aromatic hydroxyl groups is 1. The molecule has 0 aromatic heterocycles. The van der Waals surface area contributed by atoms with Crippen molar-refractivity contribution in [2.75, 3.05) is 16.0 Å². The van der Waals surface area contributed by atoms with Crippen molar-refractivity contribution in [2.24, 2.45) is 4.99 Å². The minimum atomic E-state index is -1.07. The fraction of sp³-hybridized carbons (Fsp3) is 0.0400. The van der Waals surface area contributed by atoms with E-state index in [-0.39, 0.29) is 28.4 Å². The van der Waals surface area contributed by atoms with Crippen LogP contribution in [0.5, 0.6) is 5.75 Å². The van der Waals surface area contributed by atoms with E-state index in [2.05, 4.69) is 88.7 Å². The Hall–Kier alpha value is -7.64. The summed E-state index contributed by atoms with van der Waals surface area (Å²) in [5, 5.41) is 39.6. The molecule has 8 aromatic carbocycles. The second kappa shape index (κ2) is 10.4. The lowest BCUT2D eigenvalue weighted by Gasteiger charge is -2.41. The molecule has 2 spiro atoms. The number of anilines is 3. The van der Waals surface area contributed by atoms with Gasteiger partial charge >= 0.3 is 0 Å². The Morgan fingerprint density at radius 2 is 1.09 bits per heavy atom. The van der Waals surface area contributed by atoms with Gasteiger partial charge < -0.3 is 26.2 Å². The molecule has 7 nitrogen and oxygen atoms in total. The number of hydrogen-bond donors (Lipinski definition) is 5. The van der Waals surface area contributed by atoms with Crippen LogP contribution in [0, 0.1) is 0 Å². The molecule has 268 valence electrons. The van der Waals surface area contributed by atoms with Crippen molar-refractivity contribution >= 4 is 55.5 Å². The van der Waals surface area contributed by atoms with Gasteiger partial charge in [0.1, 0.15) is 11.5 Å². The Bertz CT molecular complexity index is 3360. The van der Waals surface area contributed by atoms with Gasteiger partial charge in [-0.05, 0) is 57.3 Å². The van der Waals surface area contributed by atoms with Crippen molar-refractivity contribution in [3.8, 4) is 28.0 Å². The monoisotopic (exact) mass is 734 g/mol. The third kappa shape index (κ3) is 3.67. The van der Waals surface area contributed by atoms with Gasteiger partial charge in [-0.15, -0.1) is 0 Å². The van der Waals surface area contributed by atoms with Crippen LogP contribution < -0.4 is 26.5 Å². The predicted molar refractivity (Wildman–Crippen MR) is 224 cm³/mol. The molecule has 1 unspecified atom stereocenters. The lowest BCUT2D eigenvalue weighted by molar-refractivity contribution is -0.109. The van der Waals surface area contributed by atoms with Crippen LogP contribution in [0.15, 0.2) is 162 Å². The van der Waals surface area contributed by atoms with Crippen LogP contribution in [-0.4, -0.2) is 16.0 Å². The van der Waals surface area contributed by atoms with E-state index in [0.29, 0.717) is 16.1 Å². The first-order chi connectivity index (χ1) is 27.9. The standard InChI is InChI=1S/C50H30N4O3/c55-28-21-24-32-31-13-3-6-16-37(31)50(38(32)25-28)52-40-18-8-10-27-20-23-34(46(54-50)42(27)40)44-47(56)43(48(44)57)33-22-19-26-9-7-17-39-41(26)45(33)53-49(51-39)35-14-4-1-11-29(35)30-12-2-5-15-36(30)49/h1-25,51-53,55-56H/b44-34+. The molecule has 0 saturated carbocycles. The molecule has 0 fully saturated rings. The van der Waals surface area contributed by atoms with Gasteiger partial charge in [-0.1, -0.05) is 127 Å². The van der Waals surface area contributed by atoms with Gasteiger partial charge in [-0.3, -0.25) is 4.79 Å². The first-order valence-corrected chi connectivity index (χ1v) is 19.1. The largest absolute Gasteiger partial charge is 0.508 e. The van der Waals surface area contributed by atoms with Crippen molar-refractivity contribution in [1.29, 1.82) is 0 Å². The molecular weight excluding hydrogens is 705 g/mol. The number of nitrogens with one attached hydrogen (secondary N) is 3. The van der Waals surface area contributed by atoms with E-state index in [0.717, 1.165) is 83.1 Å². The Kier molecular flexibility index (Phi) is 5.57. The van der Waals surface area contributed by atoms with E-state index in [1.807, 2.05) is 66.7 Å². The number of nitrogens with zero attached hydrogens (tertiary/aromatic N) is 1. The zero-order valence-corrected chi connectivity index (χ0v) is 30.2. The lowest BCUT2D eigenvalue weighted by Crippen LogP contribution is -2.45. The predicted octanol–water partition coefficient (Wildman–Crippen LogP) is 9.05. The van der Waals surface area contributed by atoms with Crippen molar-refractivity contribution in [3.63, 3.8) is 0 Å². The number of ketones is 1. The summed E-state index contributed by atoms with van der Waals surface area (Å²) in [7, 11) is 0. The average molecular weight is 735 g/mol. The summed E-state index contributed by atoms with van der Waals surface area (Å²) >= 11 is 0. The third-order valence-corrected chi connectivity index (χ3v) is 12.7. The number of fused-ring (bicyclic) bond motifs is 10. The molecule has 7 heteroatoms. The van der Waals surface area contributed by atoms with E-state index in [9.17, 15) is 15.0 Å². The van der Waals surface area contributed by atoms with E-state index < -0.39 is 11.3 Å². The molecule has 2 heterocycles. The van der Waals surface area contributed by atoms with Crippen LogP contribution in [0.2, 0.25) is 0 Å². The summed E-state index contributed by atoms with van der Waals surface area (Å²) in [6.45, 7) is 0. The molecule has 57 heavy (non-hydrogen) atoms. The molecule has 8 aromatic rings. The number of carbonyl (C=O) groups is 1. The first-order valence-electron chi connectivity index (χ1n) is 19.1. The summed E-state index contributed by atoms with van der Waals surface area (Å²) in [6.07, 6.45) is 0. The van der Waals surface area contributed by atoms with Crippen LogP contribution in [0.1, 0.15) is 27.8 Å². The smallest absolute Gasteiger partial charge is 0.201 e. The Labute approximate surface area is 325 Å². The van der Waals surface area contributed by atoms with E-state index in [1.165, 1.54) is 0 Å². The molecule has 1 atom stereocenters. The number of aliphatic hydroxyl groups excluding tert-OH is 1. The second-order valence-corrected chi connectivity index (χ2v) is 15.5. The van der Waals surface area contributed by atoms with Crippen molar-refractivity contribution in [3.05, 3.63) is 196 Å². The van der Waals surface area contributed by atoms with Crippen molar-refractivity contribution in [2.45, 2.75) is 11.3 Å². The normalized spacial score (nSPS) is 19.3. The molecule has 0 radical (unpaired) electrons. The van der Waals surface area contributed by atoms with Gasteiger partial charge in [0.25, 0.3) is 0 Å². The highest BCUT2D eigenvalue weighted by molar-refractivity contribution is 6.52. The summed E-state index contributed by atoms with van der Waals surface area (Å²) in [5.74, 6) is -0.167. The molecule has 2 aliphatic heterocycles. The third-order valence-electron chi connectivity index (χ3n) is 12.7. The number of allylic oxidation sites excluding steroid dienone is 2. The van der Waals surface area contributed by atoms with Gasteiger partial charge in [-0.25, -0.2) is 4.99 Å². The van der Waals surface area contributed by atoms with Crippen molar-refractivity contribution < 1.29 is 15.0 Å². The van der Waals surface area contributed by atoms with Crippen LogP contribution in [0.25, 0.3) is 54.9 Å². The lowest BCUT2D eigenvalue weighted by atomic mass is 9.79. The maximum atomic E-state index is 14.9. The van der Waals surface area contributed by atoms with Gasteiger partial charge in [0.05, 0.1) is 22.2 Å². The molecular formula is C50H30N4O3. The maximum Gasteiger partial charge on any atom is 0.201 e. The van der Waals surface area contributed by atoms with Gasteiger partial charge in [-0.2, -0.15) is 0 Å². The first kappa shape index (κ1) is 30.7. The Balaban J connectivity index is 1.06. The number of carbonyl (C=O) groups excluding carboxylic acids is 1. The van der Waals surface area contributed by atoms with E-state index in [4.69, 9.17) is 4.99 Å². The van der Waals surface area contributed by atoms with E-state index in [1.54, 1.807) is 12.1 Å². The van der Waals surface area contributed by atoms with Gasteiger partial charge in [0, 0.05) is 55.2 Å². The van der Waals surface area contributed by atoms with Gasteiger partial charge in [0.15, 0.2) is 11.3 Å². The summed E-state index contributed by atoms with van der Waals surface area (Å²) in [6, 6.07) is 50.5. The summed E-state index contributed by atoms with van der Waals surface area (Å²) in [4.78, 5) is 20.4. The second-order valence-electron chi connectivity index (χ2n) is 15.5. The zero-order chi connectivity index (χ0) is 37.8. The Morgan fingerprint density at radius 3 is 1.81 bits per heavy atom. The van der Waals surface area contributed by atoms with Crippen LogP contribution in [0.4, 0.5) is 17.1 Å². The highest BCUT2D eigenvalue weighted by atomic mass is 16.3. The number of phenolic OH excluding ortho intramolecular Hbond substituents is 1. The van der Waals surface area contributed by atoms with Crippen molar-refractivity contribution in [1.82, 2.24) is 0 Å². The fourth-order valence-corrected chi connectivity index (χ4v) is 10.3. The number of aliphatic hydroxyl groups is 1. The molecule has 13 rings (SSSR count). The van der Waals surface area contributed by atoms with Crippen LogP contribution in [-0.2, 0) is 16.1 Å². The topological polar surface area (TPSA) is 106 Å². The number of rotatable bonds is 1. The quantitative estimate of drug-likeness (QED) is 0.115. The van der Waals surface area contributed by atoms with Gasteiger partial charge in [0.2, 0.25) is 5.78 Å². The highest BCUT2D eigenvalue weighted by Crippen LogP contribution is 2.56. The number of hydrogen-bond acceptors (Lipinski definition) is 7. The average Bonchev–Trinajstić information content (AvgIpc) is 3.65. The molecule has 5 aliphatic rings. The number of Topliss-reactive ketones (excluding diaryl/α,β-unsaturated/α-hetero) is 1. The molecule has 0 saturated heterocycles. The fourth-order valence-electron chi connectivity index (χ4n) is 10.3. The molecule has 3 aliphatic carbocycles.